The summed E-state index contributed by atoms with van der Waals surface area (Å²) in [7, 11) is 3.53. The largest absolute Gasteiger partial charge is 0.359 e. The number of guanidine groups is 1. The first-order chi connectivity index (χ1) is 7.58. The summed E-state index contributed by atoms with van der Waals surface area (Å²) in [4.78, 5) is 4.04. The van der Waals surface area contributed by atoms with Gasteiger partial charge in [-0.25, -0.2) is 0 Å². The van der Waals surface area contributed by atoms with Gasteiger partial charge in [0, 0.05) is 24.1 Å². The van der Waals surface area contributed by atoms with E-state index < -0.39 is 0 Å². The molecule has 0 aliphatic carbocycles. The van der Waals surface area contributed by atoms with Gasteiger partial charge in [-0.2, -0.15) is 0 Å². The quantitative estimate of drug-likeness (QED) is 0.633. The number of nitrogens with zero attached hydrogens (tertiary/aromatic N) is 1. The predicted molar refractivity (Wildman–Crippen MR) is 70.4 cm³/mol. The normalized spacial score (nSPS) is 13.4. The van der Waals surface area contributed by atoms with Crippen LogP contribution in [0.4, 0.5) is 0 Å². The van der Waals surface area contributed by atoms with E-state index in [0.717, 1.165) is 11.5 Å². The van der Waals surface area contributed by atoms with Gasteiger partial charge in [-0.15, -0.1) is 0 Å². The van der Waals surface area contributed by atoms with Crippen molar-refractivity contribution in [2.24, 2.45) is 4.99 Å². The van der Waals surface area contributed by atoms with Gasteiger partial charge in [0.15, 0.2) is 5.96 Å². The SMILES string of the molecule is CN=C(NC)NC(C)c1ccc(Cl)cc1Cl. The molecule has 0 spiro atoms. The van der Waals surface area contributed by atoms with Gasteiger partial charge in [0.2, 0.25) is 0 Å². The van der Waals surface area contributed by atoms with Gasteiger partial charge in [-0.1, -0.05) is 29.3 Å². The highest BCUT2D eigenvalue weighted by molar-refractivity contribution is 6.35. The fourth-order valence-electron chi connectivity index (χ4n) is 1.38. The second-order valence-corrected chi connectivity index (χ2v) is 4.20. The van der Waals surface area contributed by atoms with Crippen LogP contribution in [-0.2, 0) is 0 Å². The zero-order valence-electron chi connectivity index (χ0n) is 9.51. The van der Waals surface area contributed by atoms with Gasteiger partial charge < -0.3 is 10.6 Å². The lowest BCUT2D eigenvalue weighted by Crippen LogP contribution is -2.36. The number of aliphatic imine (C=N–C) groups is 1. The third kappa shape index (κ3) is 3.29. The summed E-state index contributed by atoms with van der Waals surface area (Å²) in [5.41, 5.74) is 0.988. The van der Waals surface area contributed by atoms with E-state index in [0.29, 0.717) is 10.0 Å². The molecular weight excluding hydrogens is 245 g/mol. The van der Waals surface area contributed by atoms with Crippen LogP contribution in [0, 0.1) is 0 Å². The Morgan fingerprint density at radius 3 is 2.56 bits per heavy atom. The van der Waals surface area contributed by atoms with Crippen molar-refractivity contribution in [3.63, 3.8) is 0 Å². The summed E-state index contributed by atoms with van der Waals surface area (Å²) in [6.07, 6.45) is 0. The van der Waals surface area contributed by atoms with Crippen LogP contribution in [0.15, 0.2) is 23.2 Å². The Morgan fingerprint density at radius 2 is 2.06 bits per heavy atom. The summed E-state index contributed by atoms with van der Waals surface area (Å²) in [5.74, 6) is 0.721. The molecule has 0 heterocycles. The molecule has 16 heavy (non-hydrogen) atoms. The molecule has 1 aromatic carbocycles. The smallest absolute Gasteiger partial charge is 0.191 e. The molecule has 1 unspecified atom stereocenters. The average Bonchev–Trinajstić information content (AvgIpc) is 2.25. The molecule has 3 nitrogen and oxygen atoms in total. The summed E-state index contributed by atoms with van der Waals surface area (Å²) < 4.78 is 0. The van der Waals surface area contributed by atoms with E-state index in [2.05, 4.69) is 15.6 Å². The molecule has 0 radical (unpaired) electrons. The van der Waals surface area contributed by atoms with E-state index in [1.54, 1.807) is 13.1 Å². The van der Waals surface area contributed by atoms with Crippen LogP contribution < -0.4 is 10.6 Å². The molecule has 88 valence electrons. The molecule has 0 fully saturated rings. The maximum Gasteiger partial charge on any atom is 0.191 e. The van der Waals surface area contributed by atoms with Gasteiger partial charge in [0.25, 0.3) is 0 Å². The van der Waals surface area contributed by atoms with E-state index in [4.69, 9.17) is 23.2 Å². The number of rotatable bonds is 2. The third-order valence-corrected chi connectivity index (χ3v) is 2.81. The maximum atomic E-state index is 6.11. The summed E-state index contributed by atoms with van der Waals surface area (Å²) in [6, 6.07) is 5.53. The molecule has 0 bridgehead atoms. The van der Waals surface area contributed by atoms with Crippen molar-refractivity contribution in [2.75, 3.05) is 14.1 Å². The summed E-state index contributed by atoms with van der Waals surface area (Å²) >= 11 is 12.0. The molecule has 0 amide bonds. The molecule has 0 aliphatic rings. The highest BCUT2D eigenvalue weighted by Crippen LogP contribution is 2.25. The molecule has 1 atom stereocenters. The van der Waals surface area contributed by atoms with Crippen LogP contribution >= 0.6 is 23.2 Å². The molecule has 1 rings (SSSR count). The van der Waals surface area contributed by atoms with Gasteiger partial charge in [0.05, 0.1) is 6.04 Å². The molecule has 0 aromatic heterocycles. The van der Waals surface area contributed by atoms with Crippen LogP contribution in [0.25, 0.3) is 0 Å². The Balaban J connectivity index is 2.84. The first-order valence-corrected chi connectivity index (χ1v) is 5.70. The lowest BCUT2D eigenvalue weighted by Gasteiger charge is -2.17. The number of nitrogens with one attached hydrogen (secondary N) is 2. The molecule has 0 aliphatic heterocycles. The summed E-state index contributed by atoms with van der Waals surface area (Å²) in [5, 5.41) is 7.45. The standard InChI is InChI=1S/C11H15Cl2N3/c1-7(16-11(14-2)15-3)9-5-4-8(12)6-10(9)13/h4-7H,1-3H3,(H2,14,15,16). The first-order valence-electron chi connectivity index (χ1n) is 4.94. The van der Waals surface area contributed by atoms with Crippen molar-refractivity contribution < 1.29 is 0 Å². The second kappa shape index (κ2) is 5.97. The van der Waals surface area contributed by atoms with Crippen molar-refractivity contribution >= 4 is 29.2 Å². The van der Waals surface area contributed by atoms with Crippen LogP contribution in [0.3, 0.4) is 0 Å². The second-order valence-electron chi connectivity index (χ2n) is 3.35. The lowest BCUT2D eigenvalue weighted by molar-refractivity contribution is 0.699. The zero-order valence-corrected chi connectivity index (χ0v) is 11.0. The van der Waals surface area contributed by atoms with E-state index in [9.17, 15) is 0 Å². The summed E-state index contributed by atoms with van der Waals surface area (Å²) in [6.45, 7) is 2.01. The fourth-order valence-corrected chi connectivity index (χ4v) is 1.96. The van der Waals surface area contributed by atoms with Crippen molar-refractivity contribution in [1.29, 1.82) is 0 Å². The lowest BCUT2D eigenvalue weighted by atomic mass is 10.1. The molecular formula is C11H15Cl2N3. The maximum absolute atomic E-state index is 6.11. The van der Waals surface area contributed by atoms with Gasteiger partial charge in [-0.3, -0.25) is 4.99 Å². The zero-order chi connectivity index (χ0) is 12.1. The van der Waals surface area contributed by atoms with Crippen molar-refractivity contribution in [3.05, 3.63) is 33.8 Å². The number of halogens is 2. The van der Waals surface area contributed by atoms with Crippen LogP contribution in [0.5, 0.6) is 0 Å². The minimum Gasteiger partial charge on any atom is -0.359 e. The highest BCUT2D eigenvalue weighted by atomic mass is 35.5. The Labute approximate surface area is 106 Å². The number of hydrogen-bond acceptors (Lipinski definition) is 1. The first kappa shape index (κ1) is 13.1. The van der Waals surface area contributed by atoms with Crippen molar-refractivity contribution in [1.82, 2.24) is 10.6 Å². The minimum atomic E-state index is 0.0657. The van der Waals surface area contributed by atoms with Gasteiger partial charge in [-0.05, 0) is 24.6 Å². The van der Waals surface area contributed by atoms with Crippen LogP contribution in [0.2, 0.25) is 10.0 Å². The molecule has 0 saturated carbocycles. The van der Waals surface area contributed by atoms with E-state index in [-0.39, 0.29) is 6.04 Å². The predicted octanol–water partition coefficient (Wildman–Crippen LogP) is 2.85. The van der Waals surface area contributed by atoms with E-state index in [1.807, 2.05) is 26.1 Å². The molecule has 1 aromatic rings. The van der Waals surface area contributed by atoms with Gasteiger partial charge >= 0.3 is 0 Å². The molecule has 2 N–H and O–H groups in total. The molecule has 5 heteroatoms. The van der Waals surface area contributed by atoms with Gasteiger partial charge in [0.1, 0.15) is 0 Å². The monoisotopic (exact) mass is 259 g/mol. The van der Waals surface area contributed by atoms with Crippen molar-refractivity contribution in [3.8, 4) is 0 Å². The number of hydrogen-bond donors (Lipinski definition) is 2. The highest BCUT2D eigenvalue weighted by Gasteiger charge is 2.10. The third-order valence-electron chi connectivity index (χ3n) is 2.24. The van der Waals surface area contributed by atoms with E-state index >= 15 is 0 Å². The Hall–Kier alpha value is -0.930. The minimum absolute atomic E-state index is 0.0657. The van der Waals surface area contributed by atoms with E-state index in [1.165, 1.54) is 0 Å². The average molecular weight is 260 g/mol. The fraction of sp³-hybridized carbons (Fsp3) is 0.364. The topological polar surface area (TPSA) is 36.4 Å². The van der Waals surface area contributed by atoms with Crippen LogP contribution in [-0.4, -0.2) is 20.1 Å². The van der Waals surface area contributed by atoms with Crippen LogP contribution in [0.1, 0.15) is 18.5 Å². The van der Waals surface area contributed by atoms with Crippen molar-refractivity contribution in [2.45, 2.75) is 13.0 Å². The number of benzene rings is 1. The Bertz CT molecular complexity index is 391. The Kier molecular flexibility index (Phi) is 4.90. The molecule has 0 saturated heterocycles. The Morgan fingerprint density at radius 1 is 1.38 bits per heavy atom.